The summed E-state index contributed by atoms with van der Waals surface area (Å²) >= 11 is 0. The molecule has 22 heavy (non-hydrogen) atoms. The standard InChI is InChI=1S/C14H19FN2O4S/c1-2-22(18,19)17-8-9-20-12-6-5-11(17)13(12)21-14-10(15)4-3-7-16-14/h3-4,7,11-13H,2,5-6,8-9H2,1H3/t11-,12-,13-/m0/s1. The molecule has 1 aromatic rings. The van der Waals surface area contributed by atoms with Gasteiger partial charge < -0.3 is 9.47 Å². The van der Waals surface area contributed by atoms with E-state index in [1.165, 1.54) is 22.6 Å². The summed E-state index contributed by atoms with van der Waals surface area (Å²) in [5.41, 5.74) is 0. The minimum Gasteiger partial charge on any atom is -0.468 e. The fourth-order valence-corrected chi connectivity index (χ4v) is 4.43. The summed E-state index contributed by atoms with van der Waals surface area (Å²) in [5, 5.41) is 0. The molecule has 8 heteroatoms. The Kier molecular flexibility index (Phi) is 4.33. The number of nitrogens with zero attached hydrogens (tertiary/aromatic N) is 2. The third kappa shape index (κ3) is 2.82. The van der Waals surface area contributed by atoms with Crippen LogP contribution in [0, 0.1) is 5.82 Å². The fraction of sp³-hybridized carbons (Fsp3) is 0.643. The normalized spacial score (nSPS) is 29.3. The molecule has 0 spiro atoms. The molecular formula is C14H19FN2O4S. The van der Waals surface area contributed by atoms with Crippen LogP contribution in [0.2, 0.25) is 0 Å². The average molecular weight is 330 g/mol. The van der Waals surface area contributed by atoms with E-state index in [1.807, 2.05) is 0 Å². The van der Waals surface area contributed by atoms with Crippen molar-refractivity contribution in [3.63, 3.8) is 0 Å². The first-order chi connectivity index (χ1) is 10.5. The molecule has 1 saturated carbocycles. The fourth-order valence-electron chi connectivity index (χ4n) is 3.11. The highest BCUT2D eigenvalue weighted by Gasteiger charge is 2.47. The number of hydrogen-bond donors (Lipinski definition) is 0. The summed E-state index contributed by atoms with van der Waals surface area (Å²) in [6.45, 7) is 2.24. The van der Waals surface area contributed by atoms with E-state index < -0.39 is 21.9 Å². The zero-order valence-corrected chi connectivity index (χ0v) is 13.1. The number of rotatable bonds is 4. The van der Waals surface area contributed by atoms with Crippen molar-refractivity contribution >= 4 is 10.0 Å². The van der Waals surface area contributed by atoms with Gasteiger partial charge in [0.15, 0.2) is 5.82 Å². The van der Waals surface area contributed by atoms with Crippen LogP contribution in [0.15, 0.2) is 18.3 Å². The van der Waals surface area contributed by atoms with Gasteiger partial charge in [-0.25, -0.2) is 17.8 Å². The molecule has 2 heterocycles. The second kappa shape index (κ2) is 6.10. The molecule has 0 radical (unpaired) electrons. The van der Waals surface area contributed by atoms with Crippen molar-refractivity contribution in [1.82, 2.24) is 9.29 Å². The molecule has 3 atom stereocenters. The molecule has 6 nitrogen and oxygen atoms in total. The quantitative estimate of drug-likeness (QED) is 0.829. The lowest BCUT2D eigenvalue weighted by Crippen LogP contribution is -2.48. The lowest BCUT2D eigenvalue weighted by atomic mass is 10.2. The Morgan fingerprint density at radius 2 is 2.32 bits per heavy atom. The van der Waals surface area contributed by atoms with Crippen molar-refractivity contribution in [2.45, 2.75) is 38.0 Å². The minimum atomic E-state index is -3.36. The number of ether oxygens (including phenoxy) is 2. The van der Waals surface area contributed by atoms with Crippen LogP contribution >= 0.6 is 0 Å². The Morgan fingerprint density at radius 1 is 1.50 bits per heavy atom. The zero-order chi connectivity index (χ0) is 15.7. The smallest absolute Gasteiger partial charge is 0.250 e. The van der Waals surface area contributed by atoms with Crippen LogP contribution in [0.3, 0.4) is 0 Å². The van der Waals surface area contributed by atoms with Crippen molar-refractivity contribution < 1.29 is 22.3 Å². The van der Waals surface area contributed by atoms with E-state index in [4.69, 9.17) is 9.47 Å². The van der Waals surface area contributed by atoms with Crippen LogP contribution < -0.4 is 4.74 Å². The van der Waals surface area contributed by atoms with Gasteiger partial charge in [-0.2, -0.15) is 4.31 Å². The summed E-state index contributed by atoms with van der Waals surface area (Å²) in [6.07, 6.45) is 2.01. The van der Waals surface area contributed by atoms with Crippen molar-refractivity contribution in [2.75, 3.05) is 18.9 Å². The predicted molar refractivity (Wildman–Crippen MR) is 77.5 cm³/mol. The molecule has 1 aromatic heterocycles. The molecule has 0 unspecified atom stereocenters. The van der Waals surface area contributed by atoms with Gasteiger partial charge >= 0.3 is 0 Å². The van der Waals surface area contributed by atoms with Crippen molar-refractivity contribution in [2.24, 2.45) is 0 Å². The monoisotopic (exact) mass is 330 g/mol. The molecular weight excluding hydrogens is 311 g/mol. The van der Waals surface area contributed by atoms with Crippen molar-refractivity contribution in [1.29, 1.82) is 0 Å². The second-order valence-electron chi connectivity index (χ2n) is 5.44. The summed E-state index contributed by atoms with van der Waals surface area (Å²) in [5.74, 6) is -0.640. The molecule has 2 fully saturated rings. The van der Waals surface area contributed by atoms with Gasteiger partial charge in [0.05, 0.1) is 24.5 Å². The van der Waals surface area contributed by atoms with E-state index in [0.29, 0.717) is 26.0 Å². The Bertz CT molecular complexity index is 639. The third-order valence-corrected chi connectivity index (χ3v) is 6.10. The first-order valence-corrected chi connectivity index (χ1v) is 9.02. The van der Waals surface area contributed by atoms with Gasteiger partial charge in [-0.15, -0.1) is 0 Å². The van der Waals surface area contributed by atoms with Crippen LogP contribution in [-0.4, -0.2) is 54.9 Å². The van der Waals surface area contributed by atoms with Gasteiger partial charge in [0.2, 0.25) is 10.0 Å². The molecule has 0 N–H and O–H groups in total. The number of sulfonamides is 1. The summed E-state index contributed by atoms with van der Waals surface area (Å²) in [7, 11) is -3.36. The Morgan fingerprint density at radius 3 is 3.05 bits per heavy atom. The van der Waals surface area contributed by atoms with Crippen molar-refractivity contribution in [3.8, 4) is 5.88 Å². The molecule has 1 saturated heterocycles. The number of hydrogen-bond acceptors (Lipinski definition) is 5. The van der Waals surface area contributed by atoms with E-state index in [9.17, 15) is 12.8 Å². The van der Waals surface area contributed by atoms with E-state index in [0.717, 1.165) is 0 Å². The molecule has 2 bridgehead atoms. The topological polar surface area (TPSA) is 68.7 Å². The maximum Gasteiger partial charge on any atom is 0.250 e. The highest BCUT2D eigenvalue weighted by molar-refractivity contribution is 7.89. The molecule has 2 aliphatic rings. The molecule has 0 amide bonds. The molecule has 1 aliphatic carbocycles. The SMILES string of the molecule is CCS(=O)(=O)N1CCO[C@H]2CC[C@H]1[C@@H]2Oc1ncccc1F. The summed E-state index contributed by atoms with van der Waals surface area (Å²) in [4.78, 5) is 3.89. The number of aromatic nitrogens is 1. The maximum atomic E-state index is 13.8. The predicted octanol–water partition coefficient (Wildman–Crippen LogP) is 1.18. The zero-order valence-electron chi connectivity index (χ0n) is 12.3. The number of fused-ring (bicyclic) bond motifs is 2. The van der Waals surface area contributed by atoms with Crippen LogP contribution in [-0.2, 0) is 14.8 Å². The van der Waals surface area contributed by atoms with Crippen molar-refractivity contribution in [3.05, 3.63) is 24.1 Å². The first kappa shape index (κ1) is 15.6. The van der Waals surface area contributed by atoms with E-state index in [1.54, 1.807) is 6.92 Å². The second-order valence-corrected chi connectivity index (χ2v) is 7.65. The highest BCUT2D eigenvalue weighted by Crippen LogP contribution is 2.34. The van der Waals surface area contributed by atoms with Crippen LogP contribution in [0.25, 0.3) is 0 Å². The highest BCUT2D eigenvalue weighted by atomic mass is 32.2. The number of halogens is 1. The molecule has 3 rings (SSSR count). The minimum absolute atomic E-state index is 0.0266. The Labute approximate surface area is 129 Å². The van der Waals surface area contributed by atoms with E-state index >= 15 is 0 Å². The molecule has 1 aliphatic heterocycles. The lowest BCUT2D eigenvalue weighted by Gasteiger charge is -2.30. The van der Waals surface area contributed by atoms with Crippen LogP contribution in [0.4, 0.5) is 4.39 Å². The first-order valence-electron chi connectivity index (χ1n) is 7.41. The molecule has 0 aromatic carbocycles. The summed E-state index contributed by atoms with van der Waals surface area (Å²) < 4.78 is 51.2. The van der Waals surface area contributed by atoms with Crippen LogP contribution in [0.5, 0.6) is 5.88 Å². The molecule has 122 valence electrons. The van der Waals surface area contributed by atoms with Gasteiger partial charge in [-0.3, -0.25) is 0 Å². The largest absolute Gasteiger partial charge is 0.468 e. The third-order valence-electron chi connectivity index (χ3n) is 4.20. The van der Waals surface area contributed by atoms with Gasteiger partial charge in [0, 0.05) is 12.7 Å². The van der Waals surface area contributed by atoms with Gasteiger partial charge in [-0.05, 0) is 31.9 Å². The average Bonchev–Trinajstić information content (AvgIpc) is 2.76. The van der Waals surface area contributed by atoms with Gasteiger partial charge in [0.25, 0.3) is 5.88 Å². The van der Waals surface area contributed by atoms with Crippen LogP contribution in [0.1, 0.15) is 19.8 Å². The summed E-state index contributed by atoms with van der Waals surface area (Å²) in [6, 6.07) is 2.41. The van der Waals surface area contributed by atoms with Gasteiger partial charge in [0.1, 0.15) is 6.10 Å². The Hall–Kier alpha value is -1.25. The Balaban J connectivity index is 1.88. The van der Waals surface area contributed by atoms with E-state index in [2.05, 4.69) is 4.98 Å². The lowest BCUT2D eigenvalue weighted by molar-refractivity contribution is 0.000678. The number of pyridine rings is 1. The van der Waals surface area contributed by atoms with E-state index in [-0.39, 0.29) is 23.8 Å². The maximum absolute atomic E-state index is 13.8. The van der Waals surface area contributed by atoms with Gasteiger partial charge in [-0.1, -0.05) is 0 Å².